The van der Waals surface area contributed by atoms with Gasteiger partial charge in [-0.25, -0.2) is 0 Å². The van der Waals surface area contributed by atoms with Gasteiger partial charge in [0.25, 0.3) is 5.91 Å². The first-order valence-electron chi connectivity index (χ1n) is 9.02. The minimum atomic E-state index is -0.925. The van der Waals surface area contributed by atoms with E-state index >= 15 is 0 Å². The van der Waals surface area contributed by atoms with E-state index in [2.05, 4.69) is 15.6 Å². The standard InChI is InChI=1S/C21H18ClN3O4/c1-29-18(26)10-14-13-4-2-3-5-16(13)24-21(28)19(14)25-20(27)17-9-11-8-12(22)6-7-15(11)23-17/h2-9,14,19,23H,10H2,1H3,(H,24,28)(H,25,27). The van der Waals surface area contributed by atoms with Gasteiger partial charge in [0.05, 0.1) is 13.5 Å². The summed E-state index contributed by atoms with van der Waals surface area (Å²) in [6.45, 7) is 0. The molecule has 3 aromatic rings. The summed E-state index contributed by atoms with van der Waals surface area (Å²) in [5.74, 6) is -1.84. The largest absolute Gasteiger partial charge is 0.469 e. The van der Waals surface area contributed by atoms with Crippen LogP contribution in [-0.2, 0) is 14.3 Å². The van der Waals surface area contributed by atoms with Gasteiger partial charge in [-0.05, 0) is 35.9 Å². The summed E-state index contributed by atoms with van der Waals surface area (Å²) in [7, 11) is 1.29. The Morgan fingerprint density at radius 1 is 1.17 bits per heavy atom. The van der Waals surface area contributed by atoms with Crippen molar-refractivity contribution in [3.8, 4) is 0 Å². The van der Waals surface area contributed by atoms with Crippen molar-refractivity contribution in [1.82, 2.24) is 10.3 Å². The van der Waals surface area contributed by atoms with Gasteiger partial charge in [-0.1, -0.05) is 29.8 Å². The van der Waals surface area contributed by atoms with Crippen molar-refractivity contribution in [1.29, 1.82) is 0 Å². The maximum atomic E-state index is 12.9. The maximum Gasteiger partial charge on any atom is 0.306 e. The number of amides is 2. The van der Waals surface area contributed by atoms with Crippen molar-refractivity contribution in [2.75, 3.05) is 12.4 Å². The van der Waals surface area contributed by atoms with Crippen molar-refractivity contribution >= 4 is 46.0 Å². The normalized spacial score (nSPS) is 18.1. The molecule has 0 saturated carbocycles. The fraction of sp³-hybridized carbons (Fsp3) is 0.190. The zero-order valence-electron chi connectivity index (χ0n) is 15.5. The van der Waals surface area contributed by atoms with Gasteiger partial charge in [-0.3, -0.25) is 14.4 Å². The van der Waals surface area contributed by atoms with Gasteiger partial charge in [-0.2, -0.15) is 0 Å². The van der Waals surface area contributed by atoms with E-state index in [9.17, 15) is 14.4 Å². The Kier molecular flexibility index (Phi) is 4.98. The molecule has 2 heterocycles. The molecule has 7 nitrogen and oxygen atoms in total. The van der Waals surface area contributed by atoms with Crippen LogP contribution in [0.5, 0.6) is 0 Å². The lowest BCUT2D eigenvalue weighted by Crippen LogP contribution is -2.50. The molecule has 0 aliphatic carbocycles. The zero-order valence-corrected chi connectivity index (χ0v) is 16.2. The number of hydrogen-bond donors (Lipinski definition) is 3. The molecule has 1 aliphatic heterocycles. The molecule has 0 fully saturated rings. The molecule has 0 radical (unpaired) electrons. The fourth-order valence-electron chi connectivity index (χ4n) is 3.61. The number of rotatable bonds is 4. The topological polar surface area (TPSA) is 100 Å². The molecular weight excluding hydrogens is 394 g/mol. The van der Waals surface area contributed by atoms with E-state index in [4.69, 9.17) is 16.3 Å². The molecule has 1 aliphatic rings. The molecule has 148 valence electrons. The van der Waals surface area contributed by atoms with Gasteiger partial charge in [0.15, 0.2) is 0 Å². The number of esters is 1. The molecule has 0 saturated heterocycles. The Hall–Kier alpha value is -3.32. The van der Waals surface area contributed by atoms with Gasteiger partial charge < -0.3 is 20.4 Å². The Balaban J connectivity index is 1.64. The summed E-state index contributed by atoms with van der Waals surface area (Å²) in [4.78, 5) is 40.6. The average molecular weight is 412 g/mol. The van der Waals surface area contributed by atoms with Crippen molar-refractivity contribution in [2.24, 2.45) is 0 Å². The fourth-order valence-corrected chi connectivity index (χ4v) is 3.79. The monoisotopic (exact) mass is 411 g/mol. The van der Waals surface area contributed by atoms with Crippen LogP contribution in [0.1, 0.15) is 28.4 Å². The summed E-state index contributed by atoms with van der Waals surface area (Å²) >= 11 is 6.00. The van der Waals surface area contributed by atoms with Crippen LogP contribution in [0.3, 0.4) is 0 Å². The summed E-state index contributed by atoms with van der Waals surface area (Å²) in [5, 5.41) is 6.89. The number of aromatic amines is 1. The molecule has 3 N–H and O–H groups in total. The predicted octanol–water partition coefficient (Wildman–Crippen LogP) is 3.22. The summed E-state index contributed by atoms with van der Waals surface area (Å²) in [6, 6.07) is 13.2. The minimum Gasteiger partial charge on any atom is -0.469 e. The Bertz CT molecular complexity index is 1120. The number of carbonyl (C=O) groups excluding carboxylic acids is 3. The first kappa shape index (κ1) is 19.0. The maximum absolute atomic E-state index is 12.9. The second kappa shape index (κ2) is 7.60. The highest BCUT2D eigenvalue weighted by molar-refractivity contribution is 6.31. The number of benzene rings is 2. The van der Waals surface area contributed by atoms with Gasteiger partial charge in [0.2, 0.25) is 5.91 Å². The molecular formula is C21H18ClN3O4. The number of halogens is 1. The summed E-state index contributed by atoms with van der Waals surface area (Å²) in [5.41, 5.74) is 2.44. The van der Waals surface area contributed by atoms with E-state index in [1.165, 1.54) is 7.11 Å². The second-order valence-electron chi connectivity index (χ2n) is 6.83. The third-order valence-electron chi connectivity index (χ3n) is 5.03. The molecule has 2 unspecified atom stereocenters. The molecule has 2 aromatic carbocycles. The predicted molar refractivity (Wildman–Crippen MR) is 109 cm³/mol. The third kappa shape index (κ3) is 3.69. The van der Waals surface area contributed by atoms with Gasteiger partial charge in [-0.15, -0.1) is 0 Å². The van der Waals surface area contributed by atoms with E-state index in [-0.39, 0.29) is 12.3 Å². The molecule has 0 bridgehead atoms. The smallest absolute Gasteiger partial charge is 0.306 e. The van der Waals surface area contributed by atoms with E-state index in [0.717, 1.165) is 16.5 Å². The highest BCUT2D eigenvalue weighted by atomic mass is 35.5. The lowest BCUT2D eigenvalue weighted by Gasteiger charge is -2.32. The Morgan fingerprint density at radius 2 is 1.97 bits per heavy atom. The molecule has 2 amide bonds. The molecule has 4 rings (SSSR count). The van der Waals surface area contributed by atoms with Gasteiger partial charge in [0.1, 0.15) is 11.7 Å². The zero-order chi connectivity index (χ0) is 20.5. The number of aromatic nitrogens is 1. The number of nitrogens with one attached hydrogen (secondary N) is 3. The van der Waals surface area contributed by atoms with Crippen molar-refractivity contribution in [3.63, 3.8) is 0 Å². The Labute approximate surface area is 171 Å². The van der Waals surface area contributed by atoms with Crippen molar-refractivity contribution in [3.05, 3.63) is 64.8 Å². The first-order chi connectivity index (χ1) is 14.0. The highest BCUT2D eigenvalue weighted by Gasteiger charge is 2.38. The van der Waals surface area contributed by atoms with E-state index in [0.29, 0.717) is 16.4 Å². The molecule has 29 heavy (non-hydrogen) atoms. The van der Waals surface area contributed by atoms with Gasteiger partial charge >= 0.3 is 5.97 Å². The lowest BCUT2D eigenvalue weighted by atomic mass is 9.84. The molecule has 2 atom stereocenters. The molecule has 8 heteroatoms. The number of fused-ring (bicyclic) bond motifs is 2. The third-order valence-corrected chi connectivity index (χ3v) is 5.27. The van der Waals surface area contributed by atoms with Crippen LogP contribution in [0.25, 0.3) is 10.9 Å². The SMILES string of the molecule is COC(=O)CC1c2ccccc2NC(=O)C1NC(=O)c1cc2cc(Cl)ccc2[nH]1. The summed E-state index contributed by atoms with van der Waals surface area (Å²) in [6.07, 6.45) is -0.0335. The van der Waals surface area contributed by atoms with Crippen LogP contribution in [-0.4, -0.2) is 35.9 Å². The van der Waals surface area contributed by atoms with Crippen molar-refractivity contribution < 1.29 is 19.1 Å². The lowest BCUT2D eigenvalue weighted by molar-refractivity contribution is -0.141. The quantitative estimate of drug-likeness (QED) is 0.574. The van der Waals surface area contributed by atoms with Crippen LogP contribution in [0, 0.1) is 0 Å². The van der Waals surface area contributed by atoms with Crippen LogP contribution in [0.2, 0.25) is 5.02 Å². The Morgan fingerprint density at radius 3 is 2.76 bits per heavy atom. The highest BCUT2D eigenvalue weighted by Crippen LogP contribution is 2.35. The van der Waals surface area contributed by atoms with Crippen LogP contribution in [0.4, 0.5) is 5.69 Å². The number of H-pyrrole nitrogens is 1. The van der Waals surface area contributed by atoms with E-state index < -0.39 is 23.8 Å². The number of para-hydroxylation sites is 1. The van der Waals surface area contributed by atoms with Crippen LogP contribution in [0.15, 0.2) is 48.5 Å². The first-order valence-corrected chi connectivity index (χ1v) is 9.40. The van der Waals surface area contributed by atoms with Crippen LogP contribution < -0.4 is 10.6 Å². The van der Waals surface area contributed by atoms with E-state index in [1.54, 1.807) is 36.4 Å². The van der Waals surface area contributed by atoms with E-state index in [1.807, 2.05) is 12.1 Å². The summed E-state index contributed by atoms with van der Waals surface area (Å²) < 4.78 is 4.79. The second-order valence-corrected chi connectivity index (χ2v) is 7.27. The minimum absolute atomic E-state index is 0.0335. The number of carbonyl (C=O) groups is 3. The number of ether oxygens (including phenoxy) is 1. The van der Waals surface area contributed by atoms with Crippen molar-refractivity contribution in [2.45, 2.75) is 18.4 Å². The van der Waals surface area contributed by atoms with Crippen LogP contribution >= 0.6 is 11.6 Å². The average Bonchev–Trinajstić information content (AvgIpc) is 3.13. The van der Waals surface area contributed by atoms with Gasteiger partial charge in [0, 0.05) is 27.5 Å². The number of methoxy groups -OCH3 is 1. The number of hydrogen-bond acceptors (Lipinski definition) is 4. The molecule has 0 spiro atoms. The molecule has 1 aromatic heterocycles. The number of anilines is 1.